The van der Waals surface area contributed by atoms with Crippen molar-refractivity contribution in [3.05, 3.63) is 175 Å². The van der Waals surface area contributed by atoms with E-state index in [0.29, 0.717) is 0 Å². The van der Waals surface area contributed by atoms with Crippen LogP contribution >= 0.6 is 0 Å². The van der Waals surface area contributed by atoms with Gasteiger partial charge in [0.1, 0.15) is 17.3 Å². The molecule has 9 aromatic rings. The predicted molar refractivity (Wildman–Crippen MR) is 227 cm³/mol. The fourth-order valence-electron chi connectivity index (χ4n) is 8.74. The second-order valence-electron chi connectivity index (χ2n) is 14.6. The molecular weight excluding hydrogens is 673 g/mol. The van der Waals surface area contributed by atoms with E-state index in [2.05, 4.69) is 164 Å². The summed E-state index contributed by atoms with van der Waals surface area (Å²) in [5, 5.41) is 7.11. The molecule has 264 valence electrons. The minimum atomic E-state index is -0.00336. The number of fused-ring (bicyclic) bond motifs is 5. The lowest BCUT2D eigenvalue weighted by molar-refractivity contribution is 0.488. The van der Waals surface area contributed by atoms with Gasteiger partial charge in [0, 0.05) is 47.2 Å². The van der Waals surface area contributed by atoms with Gasteiger partial charge in [-0.25, -0.2) is 4.98 Å². The Morgan fingerprint density at radius 1 is 0.636 bits per heavy atom. The van der Waals surface area contributed by atoms with E-state index in [9.17, 15) is 0 Å². The van der Waals surface area contributed by atoms with Crippen LogP contribution in [0.15, 0.2) is 158 Å². The quantitative estimate of drug-likeness (QED) is 0.161. The van der Waals surface area contributed by atoms with Crippen LogP contribution in [-0.4, -0.2) is 26.0 Å². The van der Waals surface area contributed by atoms with Gasteiger partial charge in [-0.15, -0.1) is 0 Å². The molecule has 7 heteroatoms. The van der Waals surface area contributed by atoms with E-state index in [-0.39, 0.29) is 6.71 Å². The highest BCUT2D eigenvalue weighted by Crippen LogP contribution is 2.45. The van der Waals surface area contributed by atoms with E-state index >= 15 is 0 Å². The van der Waals surface area contributed by atoms with Gasteiger partial charge in [-0.1, -0.05) is 107 Å². The minimum Gasteiger partial charge on any atom is -0.456 e. The lowest BCUT2D eigenvalue weighted by Crippen LogP contribution is -2.56. The summed E-state index contributed by atoms with van der Waals surface area (Å²) < 4.78 is 11.2. The van der Waals surface area contributed by atoms with Crippen molar-refractivity contribution >= 4 is 62.0 Å². The van der Waals surface area contributed by atoms with E-state index < -0.39 is 0 Å². The van der Waals surface area contributed by atoms with Crippen LogP contribution in [0.4, 0.5) is 17.1 Å². The van der Waals surface area contributed by atoms with Crippen molar-refractivity contribution < 1.29 is 4.74 Å². The van der Waals surface area contributed by atoms with Crippen LogP contribution < -0.4 is 26.0 Å². The number of ether oxygens (including phenoxy) is 1. The van der Waals surface area contributed by atoms with Crippen molar-refractivity contribution in [3.63, 3.8) is 0 Å². The van der Waals surface area contributed by atoms with Crippen molar-refractivity contribution in [2.24, 2.45) is 7.05 Å². The van der Waals surface area contributed by atoms with Gasteiger partial charge >= 0.3 is 0 Å². The zero-order valence-corrected chi connectivity index (χ0v) is 31.2. The number of anilines is 3. The first-order valence-corrected chi connectivity index (χ1v) is 18.8. The predicted octanol–water partition coefficient (Wildman–Crippen LogP) is 9.60. The van der Waals surface area contributed by atoms with Crippen LogP contribution in [-0.2, 0) is 7.05 Å². The number of benzene rings is 6. The summed E-state index contributed by atoms with van der Waals surface area (Å²) in [6.45, 7) is 6.65. The zero-order chi connectivity index (χ0) is 37.2. The molecule has 55 heavy (non-hydrogen) atoms. The maximum absolute atomic E-state index is 7.06. The second kappa shape index (κ2) is 12.9. The van der Waals surface area contributed by atoms with Crippen LogP contribution in [0.5, 0.6) is 11.5 Å². The molecule has 1 aliphatic rings. The average Bonchev–Trinajstić information content (AvgIpc) is 3.79. The maximum atomic E-state index is 7.06. The summed E-state index contributed by atoms with van der Waals surface area (Å²) in [6, 6.07) is 51.8. The fraction of sp³-hybridized carbons (Fsp3) is 0.0833. The van der Waals surface area contributed by atoms with Gasteiger partial charge in [0.05, 0.1) is 22.4 Å². The van der Waals surface area contributed by atoms with Crippen molar-refractivity contribution in [1.82, 2.24) is 19.3 Å². The molecule has 0 radical (unpaired) electrons. The number of rotatable bonds is 6. The van der Waals surface area contributed by atoms with Crippen molar-refractivity contribution in [3.8, 4) is 28.6 Å². The van der Waals surface area contributed by atoms with E-state index in [0.717, 1.165) is 67.5 Å². The Balaban J connectivity index is 1.25. The SMILES string of the molecule is Cc1cc(C)c(B2c3ccccc3Oc3c2cccc3N(c2cccc(-c3ccn(C)n3)c2)c2ccc3c4ccccc4n(-c4ccccn4)c3c2)c(C)c1. The average molecular weight is 712 g/mol. The second-order valence-corrected chi connectivity index (χ2v) is 14.6. The van der Waals surface area contributed by atoms with Crippen LogP contribution in [0.25, 0.3) is 38.9 Å². The molecule has 0 spiro atoms. The van der Waals surface area contributed by atoms with E-state index in [1.807, 2.05) is 36.3 Å². The molecule has 0 fully saturated rings. The summed E-state index contributed by atoms with van der Waals surface area (Å²) >= 11 is 0. The van der Waals surface area contributed by atoms with E-state index in [4.69, 9.17) is 14.8 Å². The molecule has 0 aliphatic carbocycles. The van der Waals surface area contributed by atoms with Gasteiger partial charge in [0.25, 0.3) is 6.71 Å². The number of aryl methyl sites for hydroxylation is 4. The molecule has 0 unspecified atom stereocenters. The molecule has 0 saturated carbocycles. The van der Waals surface area contributed by atoms with Gasteiger partial charge in [-0.2, -0.15) is 5.10 Å². The Bertz CT molecular complexity index is 2900. The van der Waals surface area contributed by atoms with Crippen LogP contribution in [0.3, 0.4) is 0 Å². The van der Waals surface area contributed by atoms with Gasteiger partial charge in [0.15, 0.2) is 0 Å². The monoisotopic (exact) mass is 711 g/mol. The topological polar surface area (TPSA) is 48.1 Å². The first kappa shape index (κ1) is 32.8. The highest BCUT2D eigenvalue weighted by molar-refractivity contribution is 6.97. The number of aromatic nitrogens is 4. The number of hydrogen-bond donors (Lipinski definition) is 0. The first-order chi connectivity index (χ1) is 26.9. The van der Waals surface area contributed by atoms with Crippen LogP contribution in [0.2, 0.25) is 0 Å². The van der Waals surface area contributed by atoms with Gasteiger partial charge in [0.2, 0.25) is 0 Å². The summed E-state index contributed by atoms with van der Waals surface area (Å²) in [7, 11) is 1.95. The lowest BCUT2D eigenvalue weighted by Gasteiger charge is -2.34. The molecular formula is C48H38BN5O. The van der Waals surface area contributed by atoms with Crippen LogP contribution in [0.1, 0.15) is 16.7 Å². The molecule has 0 atom stereocenters. The molecule has 4 heterocycles. The Morgan fingerprint density at radius 3 is 2.20 bits per heavy atom. The largest absolute Gasteiger partial charge is 0.456 e. The van der Waals surface area contributed by atoms with Crippen molar-refractivity contribution in [1.29, 1.82) is 0 Å². The summed E-state index contributed by atoms with van der Waals surface area (Å²) in [5.41, 5.74) is 14.6. The highest BCUT2D eigenvalue weighted by atomic mass is 16.5. The molecule has 3 aromatic heterocycles. The molecule has 6 nitrogen and oxygen atoms in total. The minimum absolute atomic E-state index is 0.00336. The van der Waals surface area contributed by atoms with Gasteiger partial charge in [-0.3, -0.25) is 9.25 Å². The molecule has 0 N–H and O–H groups in total. The zero-order valence-electron chi connectivity index (χ0n) is 31.2. The van der Waals surface area contributed by atoms with Gasteiger partial charge < -0.3 is 9.64 Å². The van der Waals surface area contributed by atoms with E-state index in [1.165, 1.54) is 33.0 Å². The third-order valence-electron chi connectivity index (χ3n) is 11.0. The lowest BCUT2D eigenvalue weighted by atomic mass is 9.34. The number of hydrogen-bond acceptors (Lipinski definition) is 4. The smallest absolute Gasteiger partial charge is 0.251 e. The highest BCUT2D eigenvalue weighted by Gasteiger charge is 2.36. The Kier molecular flexibility index (Phi) is 7.70. The molecule has 10 rings (SSSR count). The molecule has 1 aliphatic heterocycles. The first-order valence-electron chi connectivity index (χ1n) is 18.8. The Morgan fingerprint density at radius 2 is 1.38 bits per heavy atom. The third kappa shape index (κ3) is 5.42. The molecule has 0 saturated heterocycles. The number of nitrogens with zero attached hydrogens (tertiary/aromatic N) is 5. The van der Waals surface area contributed by atoms with E-state index in [1.54, 1.807) is 0 Å². The Labute approximate surface area is 321 Å². The number of pyridine rings is 1. The summed E-state index contributed by atoms with van der Waals surface area (Å²) in [4.78, 5) is 7.15. The molecule has 0 amide bonds. The normalized spacial score (nSPS) is 12.1. The summed E-state index contributed by atoms with van der Waals surface area (Å²) in [5.74, 6) is 2.59. The molecule has 0 bridgehead atoms. The van der Waals surface area contributed by atoms with Crippen LogP contribution in [0, 0.1) is 20.8 Å². The number of para-hydroxylation sites is 3. The molecule has 6 aromatic carbocycles. The Hall–Kier alpha value is -6.86. The fourth-order valence-corrected chi connectivity index (χ4v) is 8.74. The maximum Gasteiger partial charge on any atom is 0.251 e. The summed E-state index contributed by atoms with van der Waals surface area (Å²) in [6.07, 6.45) is 3.84. The third-order valence-corrected chi connectivity index (χ3v) is 11.0. The van der Waals surface area contributed by atoms with Gasteiger partial charge in [-0.05, 0) is 92.4 Å². The van der Waals surface area contributed by atoms with Crippen molar-refractivity contribution in [2.45, 2.75) is 20.8 Å². The van der Waals surface area contributed by atoms with Crippen molar-refractivity contribution in [2.75, 3.05) is 4.90 Å². The standard InChI is InChI=1S/C48H38BN5O/c1-31-27-32(2)47(33(3)28-31)49-39-16-6-8-20-45(39)55-48-40(49)17-12-19-43(48)53(35-14-11-13-34(29-35)41-24-26-52(4)51-41)36-22-23-38-37-15-5-7-18-42(37)54(44(38)30-36)46-21-9-10-25-50-46/h5-30H,1-4H3.